The summed E-state index contributed by atoms with van der Waals surface area (Å²) in [5, 5.41) is 0. The van der Waals surface area contributed by atoms with E-state index in [0.717, 1.165) is 28.2 Å². The van der Waals surface area contributed by atoms with E-state index in [4.69, 9.17) is 15.2 Å². The molecule has 21 heavy (non-hydrogen) atoms. The van der Waals surface area contributed by atoms with E-state index in [9.17, 15) is 0 Å². The van der Waals surface area contributed by atoms with Gasteiger partial charge in [-0.15, -0.1) is 0 Å². The lowest BCUT2D eigenvalue weighted by atomic mass is 9.97. The van der Waals surface area contributed by atoms with Gasteiger partial charge in [-0.1, -0.05) is 29.8 Å². The first-order chi connectivity index (χ1) is 10.2. The number of hydrogen-bond acceptors (Lipinski definition) is 3. The molecule has 2 aromatic rings. The molecule has 0 amide bonds. The summed E-state index contributed by atoms with van der Waals surface area (Å²) in [4.78, 5) is 0. The smallest absolute Gasteiger partial charge is 0.161 e. The number of hydrogen-bond donors (Lipinski definition) is 1. The third kappa shape index (κ3) is 3.56. The van der Waals surface area contributed by atoms with Gasteiger partial charge in [-0.2, -0.15) is 0 Å². The second-order valence-electron chi connectivity index (χ2n) is 4.89. The van der Waals surface area contributed by atoms with Crippen molar-refractivity contribution in [1.82, 2.24) is 0 Å². The van der Waals surface area contributed by atoms with E-state index in [2.05, 4.69) is 31.2 Å². The Balaban J connectivity index is 2.49. The minimum Gasteiger partial charge on any atom is -0.490 e. The standard InChI is InChI=1S/C18H23NO2/c1-4-20-17-9-8-14(11-18(17)21-5-2)16-10-13(3)6-7-15(16)12-19/h6-11H,4-5,12,19H2,1-3H3. The molecule has 0 fully saturated rings. The minimum atomic E-state index is 0.521. The van der Waals surface area contributed by atoms with Gasteiger partial charge >= 0.3 is 0 Å². The average Bonchev–Trinajstić information content (AvgIpc) is 2.49. The highest BCUT2D eigenvalue weighted by Crippen LogP contribution is 2.34. The van der Waals surface area contributed by atoms with Gasteiger partial charge in [0.05, 0.1) is 13.2 Å². The molecule has 3 heteroatoms. The molecule has 0 unspecified atom stereocenters. The third-order valence-corrected chi connectivity index (χ3v) is 3.34. The van der Waals surface area contributed by atoms with Crippen LogP contribution in [0.4, 0.5) is 0 Å². The molecule has 0 saturated heterocycles. The number of benzene rings is 2. The predicted molar refractivity (Wildman–Crippen MR) is 86.8 cm³/mol. The van der Waals surface area contributed by atoms with Crippen LogP contribution in [0.25, 0.3) is 11.1 Å². The zero-order chi connectivity index (χ0) is 15.2. The summed E-state index contributed by atoms with van der Waals surface area (Å²) in [6, 6.07) is 12.4. The van der Waals surface area contributed by atoms with Crippen molar-refractivity contribution in [2.75, 3.05) is 13.2 Å². The van der Waals surface area contributed by atoms with Gasteiger partial charge in [-0.25, -0.2) is 0 Å². The molecule has 0 aliphatic rings. The summed E-state index contributed by atoms with van der Waals surface area (Å²) in [5.74, 6) is 1.56. The first-order valence-electron chi connectivity index (χ1n) is 7.39. The summed E-state index contributed by atoms with van der Waals surface area (Å²) >= 11 is 0. The van der Waals surface area contributed by atoms with Crippen LogP contribution in [0, 0.1) is 6.92 Å². The Bertz CT molecular complexity index is 608. The van der Waals surface area contributed by atoms with Gasteiger partial charge in [0.15, 0.2) is 11.5 Å². The molecule has 2 aromatic carbocycles. The summed E-state index contributed by atoms with van der Waals surface area (Å²) in [6.45, 7) is 7.78. The Morgan fingerprint density at radius 1 is 0.905 bits per heavy atom. The Morgan fingerprint density at radius 3 is 2.29 bits per heavy atom. The molecular weight excluding hydrogens is 262 g/mol. The van der Waals surface area contributed by atoms with Gasteiger partial charge in [0, 0.05) is 6.54 Å². The molecule has 0 saturated carbocycles. The van der Waals surface area contributed by atoms with Crippen molar-refractivity contribution in [3.05, 3.63) is 47.5 Å². The molecule has 0 aliphatic carbocycles. The topological polar surface area (TPSA) is 44.5 Å². The van der Waals surface area contributed by atoms with E-state index in [1.807, 2.05) is 26.0 Å². The van der Waals surface area contributed by atoms with Crippen LogP contribution < -0.4 is 15.2 Å². The van der Waals surface area contributed by atoms with E-state index in [1.165, 1.54) is 5.56 Å². The highest BCUT2D eigenvalue weighted by atomic mass is 16.5. The van der Waals surface area contributed by atoms with Gasteiger partial charge in [-0.05, 0) is 49.6 Å². The summed E-state index contributed by atoms with van der Waals surface area (Å²) in [6.07, 6.45) is 0. The second-order valence-corrected chi connectivity index (χ2v) is 4.89. The van der Waals surface area contributed by atoms with Crippen molar-refractivity contribution < 1.29 is 9.47 Å². The van der Waals surface area contributed by atoms with Crippen LogP contribution in [0.15, 0.2) is 36.4 Å². The third-order valence-electron chi connectivity index (χ3n) is 3.34. The average molecular weight is 285 g/mol. The van der Waals surface area contributed by atoms with E-state index in [0.29, 0.717) is 19.8 Å². The quantitative estimate of drug-likeness (QED) is 0.875. The van der Waals surface area contributed by atoms with Crippen molar-refractivity contribution in [2.45, 2.75) is 27.3 Å². The molecule has 3 nitrogen and oxygen atoms in total. The van der Waals surface area contributed by atoms with Crippen LogP contribution in [0.2, 0.25) is 0 Å². The maximum atomic E-state index is 5.86. The lowest BCUT2D eigenvalue weighted by molar-refractivity contribution is 0.288. The van der Waals surface area contributed by atoms with Crippen LogP contribution in [0.5, 0.6) is 11.5 Å². The molecule has 0 spiro atoms. The number of aryl methyl sites for hydroxylation is 1. The fraction of sp³-hybridized carbons (Fsp3) is 0.333. The first-order valence-corrected chi connectivity index (χ1v) is 7.39. The molecule has 0 heterocycles. The number of nitrogens with two attached hydrogens (primary N) is 1. The van der Waals surface area contributed by atoms with Gasteiger partial charge in [-0.3, -0.25) is 0 Å². The van der Waals surface area contributed by atoms with Crippen LogP contribution in [0.1, 0.15) is 25.0 Å². The zero-order valence-corrected chi connectivity index (χ0v) is 13.0. The van der Waals surface area contributed by atoms with Gasteiger partial charge in [0.25, 0.3) is 0 Å². The van der Waals surface area contributed by atoms with E-state index in [-0.39, 0.29) is 0 Å². The first kappa shape index (κ1) is 15.4. The van der Waals surface area contributed by atoms with Crippen molar-refractivity contribution in [3.63, 3.8) is 0 Å². The van der Waals surface area contributed by atoms with Gasteiger partial charge in [0.2, 0.25) is 0 Å². The van der Waals surface area contributed by atoms with Crippen molar-refractivity contribution >= 4 is 0 Å². The highest BCUT2D eigenvalue weighted by molar-refractivity contribution is 5.71. The maximum Gasteiger partial charge on any atom is 0.161 e. The van der Waals surface area contributed by atoms with Gasteiger partial charge < -0.3 is 15.2 Å². The predicted octanol–water partition coefficient (Wildman–Crippen LogP) is 3.92. The fourth-order valence-corrected chi connectivity index (χ4v) is 2.36. The molecular formula is C18H23NO2. The molecule has 0 aliphatic heterocycles. The molecule has 112 valence electrons. The summed E-state index contributed by atoms with van der Waals surface area (Å²) in [5.41, 5.74) is 10.5. The van der Waals surface area contributed by atoms with Crippen molar-refractivity contribution in [1.29, 1.82) is 0 Å². The van der Waals surface area contributed by atoms with Crippen LogP contribution in [-0.4, -0.2) is 13.2 Å². The van der Waals surface area contributed by atoms with E-state index in [1.54, 1.807) is 0 Å². The highest BCUT2D eigenvalue weighted by Gasteiger charge is 2.10. The Labute approximate surface area is 126 Å². The Morgan fingerprint density at radius 2 is 1.62 bits per heavy atom. The second kappa shape index (κ2) is 7.14. The van der Waals surface area contributed by atoms with E-state index < -0.39 is 0 Å². The normalized spacial score (nSPS) is 10.5. The lowest BCUT2D eigenvalue weighted by Gasteiger charge is -2.14. The van der Waals surface area contributed by atoms with Gasteiger partial charge in [0.1, 0.15) is 0 Å². The molecule has 0 atom stereocenters. The molecule has 0 bridgehead atoms. The lowest BCUT2D eigenvalue weighted by Crippen LogP contribution is -2.01. The molecule has 2 rings (SSSR count). The summed E-state index contributed by atoms with van der Waals surface area (Å²) in [7, 11) is 0. The SMILES string of the molecule is CCOc1ccc(-c2cc(C)ccc2CN)cc1OCC. The number of rotatable bonds is 6. The zero-order valence-electron chi connectivity index (χ0n) is 13.0. The number of ether oxygens (including phenoxy) is 2. The van der Waals surface area contributed by atoms with Crippen molar-refractivity contribution in [2.24, 2.45) is 5.73 Å². The largest absolute Gasteiger partial charge is 0.490 e. The minimum absolute atomic E-state index is 0.521. The van der Waals surface area contributed by atoms with Crippen LogP contribution in [0.3, 0.4) is 0 Å². The molecule has 0 aromatic heterocycles. The Hall–Kier alpha value is -2.00. The van der Waals surface area contributed by atoms with Crippen LogP contribution >= 0.6 is 0 Å². The monoisotopic (exact) mass is 285 g/mol. The molecule has 0 radical (unpaired) electrons. The molecule has 2 N–H and O–H groups in total. The fourth-order valence-electron chi connectivity index (χ4n) is 2.36. The summed E-state index contributed by atoms with van der Waals surface area (Å²) < 4.78 is 11.3. The van der Waals surface area contributed by atoms with E-state index >= 15 is 0 Å². The Kier molecular flexibility index (Phi) is 5.23. The van der Waals surface area contributed by atoms with Crippen LogP contribution in [-0.2, 0) is 6.54 Å². The van der Waals surface area contributed by atoms with Crippen molar-refractivity contribution in [3.8, 4) is 22.6 Å². The maximum absolute atomic E-state index is 5.86.